The lowest BCUT2D eigenvalue weighted by Crippen LogP contribution is -2.40. The van der Waals surface area contributed by atoms with Crippen LogP contribution in [-0.2, 0) is 21.4 Å². The molecule has 3 rings (SSSR count). The number of benzene rings is 3. The number of ether oxygens (including phenoxy) is 1. The predicted molar refractivity (Wildman–Crippen MR) is 128 cm³/mol. The number of sulfonamides is 1. The van der Waals surface area contributed by atoms with E-state index in [1.54, 1.807) is 30.3 Å². The largest absolute Gasteiger partial charge is 0.491 e. The van der Waals surface area contributed by atoms with Crippen molar-refractivity contribution in [3.63, 3.8) is 0 Å². The van der Waals surface area contributed by atoms with Gasteiger partial charge in [0.05, 0.1) is 21.6 Å². The van der Waals surface area contributed by atoms with Crippen LogP contribution < -0.4 is 14.4 Å². The normalized spacial score (nSPS) is 11.1. The van der Waals surface area contributed by atoms with Crippen molar-refractivity contribution in [3.8, 4) is 5.75 Å². The van der Waals surface area contributed by atoms with Gasteiger partial charge in [-0.05, 0) is 49.7 Å². The number of rotatable bonds is 10. The first kappa shape index (κ1) is 24.7. The quantitative estimate of drug-likeness (QED) is 0.345. The van der Waals surface area contributed by atoms with Gasteiger partial charge in [-0.2, -0.15) is 0 Å². The Kier molecular flexibility index (Phi) is 7.85. The summed E-state index contributed by atoms with van der Waals surface area (Å²) in [6.45, 7) is 3.41. The predicted octanol–water partition coefficient (Wildman–Crippen LogP) is 3.89. The molecule has 34 heavy (non-hydrogen) atoms. The number of nitrogens with one attached hydrogen (secondary N) is 1. The molecular formula is C24H25N3O6S. The summed E-state index contributed by atoms with van der Waals surface area (Å²) in [5.41, 5.74) is 0.507. The van der Waals surface area contributed by atoms with Crippen LogP contribution in [-0.4, -0.2) is 31.9 Å². The van der Waals surface area contributed by atoms with Gasteiger partial charge in [0, 0.05) is 18.7 Å². The summed E-state index contributed by atoms with van der Waals surface area (Å²) in [5.74, 6) is 0.0906. The summed E-state index contributed by atoms with van der Waals surface area (Å²) in [6, 6.07) is 20.0. The van der Waals surface area contributed by atoms with Crippen LogP contribution >= 0.6 is 0 Å². The standard InChI is InChI=1S/C24H25N3O6S/c1-18(2)33-22-11-6-8-19(14-22)16-25-24(28)17-26(20-9-7-10-21(15-20)27(29)30)34(31,32)23-12-4-3-5-13-23/h3-15,18H,16-17H2,1-2H3,(H,25,28). The van der Waals surface area contributed by atoms with Crippen LogP contribution in [0.4, 0.5) is 11.4 Å². The highest BCUT2D eigenvalue weighted by molar-refractivity contribution is 7.92. The second kappa shape index (κ2) is 10.8. The van der Waals surface area contributed by atoms with E-state index in [2.05, 4.69) is 5.32 Å². The van der Waals surface area contributed by atoms with Crippen LogP contribution in [0.2, 0.25) is 0 Å². The number of nitro groups is 1. The van der Waals surface area contributed by atoms with Gasteiger partial charge in [0.25, 0.3) is 15.7 Å². The van der Waals surface area contributed by atoms with Crippen LogP contribution in [0, 0.1) is 10.1 Å². The average molecular weight is 484 g/mol. The molecule has 0 saturated carbocycles. The fourth-order valence-electron chi connectivity index (χ4n) is 3.18. The van der Waals surface area contributed by atoms with Gasteiger partial charge in [-0.25, -0.2) is 8.42 Å². The van der Waals surface area contributed by atoms with Crippen molar-refractivity contribution in [1.29, 1.82) is 0 Å². The number of anilines is 1. The second-order valence-electron chi connectivity index (χ2n) is 7.69. The Hall–Kier alpha value is -3.92. The van der Waals surface area contributed by atoms with E-state index in [1.165, 1.54) is 30.3 Å². The summed E-state index contributed by atoms with van der Waals surface area (Å²) in [4.78, 5) is 23.3. The highest BCUT2D eigenvalue weighted by Gasteiger charge is 2.28. The van der Waals surface area contributed by atoms with Gasteiger partial charge in [0.15, 0.2) is 0 Å². The third-order valence-corrected chi connectivity index (χ3v) is 6.49. The number of amides is 1. The average Bonchev–Trinajstić information content (AvgIpc) is 2.81. The number of carbonyl (C=O) groups is 1. The van der Waals surface area contributed by atoms with Gasteiger partial charge in [0.1, 0.15) is 12.3 Å². The first-order valence-corrected chi connectivity index (χ1v) is 12.0. The Labute approximate surface area is 198 Å². The number of nitro benzene ring substituents is 1. The molecule has 3 aromatic rings. The molecule has 10 heteroatoms. The van der Waals surface area contributed by atoms with E-state index < -0.39 is 27.4 Å². The summed E-state index contributed by atoms with van der Waals surface area (Å²) < 4.78 is 33.2. The smallest absolute Gasteiger partial charge is 0.271 e. The van der Waals surface area contributed by atoms with Crippen molar-refractivity contribution in [2.45, 2.75) is 31.4 Å². The molecule has 0 aliphatic heterocycles. The van der Waals surface area contributed by atoms with Crippen molar-refractivity contribution < 1.29 is 22.9 Å². The molecule has 1 amide bonds. The first-order chi connectivity index (χ1) is 16.2. The minimum atomic E-state index is -4.16. The van der Waals surface area contributed by atoms with Crippen molar-refractivity contribution in [2.24, 2.45) is 0 Å². The highest BCUT2D eigenvalue weighted by atomic mass is 32.2. The Bertz CT molecular complexity index is 1260. The van der Waals surface area contributed by atoms with Gasteiger partial charge in [-0.1, -0.05) is 36.4 Å². The number of hydrogen-bond acceptors (Lipinski definition) is 6. The Balaban J connectivity index is 1.84. The topological polar surface area (TPSA) is 119 Å². The highest BCUT2D eigenvalue weighted by Crippen LogP contribution is 2.27. The Morgan fingerprint density at radius 2 is 1.74 bits per heavy atom. The monoisotopic (exact) mass is 483 g/mol. The second-order valence-corrected chi connectivity index (χ2v) is 9.55. The van der Waals surface area contributed by atoms with Gasteiger partial charge >= 0.3 is 0 Å². The zero-order valence-corrected chi connectivity index (χ0v) is 19.6. The maximum atomic E-state index is 13.3. The molecule has 0 radical (unpaired) electrons. The molecule has 0 aliphatic rings. The molecule has 0 spiro atoms. The summed E-state index contributed by atoms with van der Waals surface area (Å²) >= 11 is 0. The minimum absolute atomic E-state index is 0.00322. The van der Waals surface area contributed by atoms with Gasteiger partial charge < -0.3 is 10.1 Å². The Morgan fingerprint density at radius 3 is 2.41 bits per heavy atom. The first-order valence-electron chi connectivity index (χ1n) is 10.5. The van der Waals surface area contributed by atoms with Crippen LogP contribution in [0.5, 0.6) is 5.75 Å². The zero-order valence-electron chi connectivity index (χ0n) is 18.7. The number of nitrogens with zero attached hydrogens (tertiary/aromatic N) is 2. The van der Waals surface area contributed by atoms with E-state index in [1.807, 2.05) is 26.0 Å². The fraction of sp³-hybridized carbons (Fsp3) is 0.208. The van der Waals surface area contributed by atoms with E-state index in [-0.39, 0.29) is 28.9 Å². The number of hydrogen-bond donors (Lipinski definition) is 1. The molecule has 178 valence electrons. The lowest BCUT2D eigenvalue weighted by molar-refractivity contribution is -0.384. The number of carbonyl (C=O) groups excluding carboxylic acids is 1. The molecule has 0 aromatic heterocycles. The van der Waals surface area contributed by atoms with Crippen molar-refractivity contribution in [2.75, 3.05) is 10.8 Å². The minimum Gasteiger partial charge on any atom is -0.491 e. The van der Waals surface area contributed by atoms with Crippen molar-refractivity contribution >= 4 is 27.3 Å². The van der Waals surface area contributed by atoms with Crippen LogP contribution in [0.25, 0.3) is 0 Å². The van der Waals surface area contributed by atoms with Crippen LogP contribution in [0.3, 0.4) is 0 Å². The van der Waals surface area contributed by atoms with E-state index >= 15 is 0 Å². The fourth-order valence-corrected chi connectivity index (χ4v) is 4.62. The summed E-state index contributed by atoms with van der Waals surface area (Å²) in [5, 5.41) is 13.9. The van der Waals surface area contributed by atoms with E-state index in [0.29, 0.717) is 5.75 Å². The van der Waals surface area contributed by atoms with Crippen molar-refractivity contribution in [3.05, 3.63) is 94.5 Å². The molecule has 0 heterocycles. The Morgan fingerprint density at radius 1 is 1.03 bits per heavy atom. The van der Waals surface area contributed by atoms with E-state index in [4.69, 9.17) is 4.74 Å². The lowest BCUT2D eigenvalue weighted by atomic mass is 10.2. The molecule has 0 fully saturated rings. The van der Waals surface area contributed by atoms with Gasteiger partial charge in [-0.15, -0.1) is 0 Å². The maximum absolute atomic E-state index is 13.3. The van der Waals surface area contributed by atoms with Gasteiger partial charge in [0.2, 0.25) is 5.91 Å². The third-order valence-electron chi connectivity index (χ3n) is 4.71. The molecule has 9 nitrogen and oxygen atoms in total. The molecule has 3 aromatic carbocycles. The maximum Gasteiger partial charge on any atom is 0.271 e. The SMILES string of the molecule is CC(C)Oc1cccc(CNC(=O)CN(c2cccc([N+](=O)[O-])c2)S(=O)(=O)c2ccccc2)c1. The molecule has 0 aliphatic carbocycles. The molecular weight excluding hydrogens is 458 g/mol. The number of non-ortho nitro benzene ring substituents is 1. The lowest BCUT2D eigenvalue weighted by Gasteiger charge is -2.24. The van der Waals surface area contributed by atoms with Gasteiger partial charge in [-0.3, -0.25) is 19.2 Å². The molecule has 0 unspecified atom stereocenters. The third kappa shape index (κ3) is 6.32. The molecule has 0 bridgehead atoms. The molecule has 0 saturated heterocycles. The summed E-state index contributed by atoms with van der Waals surface area (Å²) in [7, 11) is -4.16. The molecule has 0 atom stereocenters. The van der Waals surface area contributed by atoms with Crippen LogP contribution in [0.15, 0.2) is 83.8 Å². The van der Waals surface area contributed by atoms with E-state index in [9.17, 15) is 23.3 Å². The van der Waals surface area contributed by atoms with Crippen LogP contribution in [0.1, 0.15) is 19.4 Å². The zero-order chi connectivity index (χ0) is 24.7. The van der Waals surface area contributed by atoms with E-state index in [0.717, 1.165) is 15.9 Å². The summed E-state index contributed by atoms with van der Waals surface area (Å²) in [6.07, 6.45) is -0.00322. The molecule has 1 N–H and O–H groups in total. The van der Waals surface area contributed by atoms with Crippen molar-refractivity contribution in [1.82, 2.24) is 5.32 Å².